The van der Waals surface area contributed by atoms with Crippen LogP contribution >= 0.6 is 0 Å². The fraction of sp³-hybridized carbons (Fsp3) is 0.619. The van der Waals surface area contributed by atoms with Crippen molar-refractivity contribution in [2.45, 2.75) is 44.4 Å². The molecule has 0 spiro atoms. The second-order valence-electron chi connectivity index (χ2n) is 8.27. The molecule has 0 bridgehead atoms. The highest BCUT2D eigenvalue weighted by Crippen LogP contribution is 2.23. The number of carbonyl (C=O) groups excluding carboxylic acids is 2. The zero-order chi connectivity index (χ0) is 21.0. The van der Waals surface area contributed by atoms with Gasteiger partial charge in [-0.2, -0.15) is 4.31 Å². The van der Waals surface area contributed by atoms with Crippen molar-refractivity contribution in [3.05, 3.63) is 29.8 Å². The molecule has 8 heteroatoms. The lowest BCUT2D eigenvalue weighted by Gasteiger charge is -2.30. The third-order valence-corrected chi connectivity index (χ3v) is 7.72. The van der Waals surface area contributed by atoms with E-state index in [-0.39, 0.29) is 23.0 Å². The summed E-state index contributed by atoms with van der Waals surface area (Å²) in [5.41, 5.74) is 0.232. The number of piperidine rings is 2. The molecule has 0 unspecified atom stereocenters. The summed E-state index contributed by atoms with van der Waals surface area (Å²) in [7, 11) is -3.55. The number of sulfonamides is 1. The van der Waals surface area contributed by atoms with Crippen LogP contribution in [0.4, 0.5) is 0 Å². The summed E-state index contributed by atoms with van der Waals surface area (Å²) >= 11 is 0. The Hall–Kier alpha value is -1.93. The molecular formula is C21H30N2O5S. The van der Waals surface area contributed by atoms with E-state index in [0.717, 1.165) is 25.7 Å². The van der Waals surface area contributed by atoms with Crippen molar-refractivity contribution in [3.8, 4) is 0 Å². The van der Waals surface area contributed by atoms with Crippen molar-refractivity contribution in [2.24, 2.45) is 11.8 Å². The van der Waals surface area contributed by atoms with Crippen molar-refractivity contribution >= 4 is 21.9 Å². The number of hydrogen-bond acceptors (Lipinski definition) is 5. The minimum absolute atomic E-state index is 0.169. The Bertz CT molecular complexity index is 829. The summed E-state index contributed by atoms with van der Waals surface area (Å²) in [6.45, 7) is 6.36. The minimum Gasteiger partial charge on any atom is -0.452 e. The molecule has 2 aliphatic rings. The average Bonchev–Trinajstić information content (AvgIpc) is 2.72. The van der Waals surface area contributed by atoms with Gasteiger partial charge >= 0.3 is 5.97 Å². The van der Waals surface area contributed by atoms with Gasteiger partial charge in [-0.25, -0.2) is 13.2 Å². The van der Waals surface area contributed by atoms with Gasteiger partial charge < -0.3 is 9.64 Å². The van der Waals surface area contributed by atoms with E-state index < -0.39 is 16.0 Å². The summed E-state index contributed by atoms with van der Waals surface area (Å²) in [5.74, 6) is 0.179. The molecule has 0 saturated carbocycles. The highest BCUT2D eigenvalue weighted by Gasteiger charge is 2.28. The normalized spacial score (nSPS) is 21.7. The fourth-order valence-electron chi connectivity index (χ4n) is 3.86. The monoisotopic (exact) mass is 422 g/mol. The Morgan fingerprint density at radius 1 is 1.00 bits per heavy atom. The largest absolute Gasteiger partial charge is 0.452 e. The number of carbonyl (C=O) groups is 2. The molecule has 1 aromatic carbocycles. The van der Waals surface area contributed by atoms with Gasteiger partial charge in [-0.3, -0.25) is 4.79 Å². The molecule has 160 valence electrons. The number of rotatable bonds is 5. The molecule has 0 aromatic heterocycles. The molecule has 0 N–H and O–H groups in total. The first-order valence-electron chi connectivity index (χ1n) is 10.3. The SMILES string of the molecule is CC1CCN(S(=O)(=O)c2ccc(C(=O)OCC(=O)N3CCC[C@H](C)C3)cc2)CC1. The lowest BCUT2D eigenvalue weighted by atomic mass is 10.0. The first-order chi connectivity index (χ1) is 13.8. The number of likely N-dealkylation sites (tertiary alicyclic amines) is 1. The summed E-state index contributed by atoms with van der Waals surface area (Å²) in [4.78, 5) is 26.4. The number of esters is 1. The van der Waals surface area contributed by atoms with Crippen LogP contribution in [0.1, 0.15) is 49.9 Å². The lowest BCUT2D eigenvalue weighted by molar-refractivity contribution is -0.136. The zero-order valence-electron chi connectivity index (χ0n) is 17.2. The van der Waals surface area contributed by atoms with E-state index in [1.807, 2.05) is 0 Å². The third kappa shape index (κ3) is 5.36. The Morgan fingerprint density at radius 3 is 2.28 bits per heavy atom. The molecular weight excluding hydrogens is 392 g/mol. The van der Waals surface area contributed by atoms with Crippen LogP contribution < -0.4 is 0 Å². The van der Waals surface area contributed by atoms with E-state index in [2.05, 4.69) is 13.8 Å². The third-order valence-electron chi connectivity index (χ3n) is 5.81. The van der Waals surface area contributed by atoms with Crippen LogP contribution in [0.25, 0.3) is 0 Å². The van der Waals surface area contributed by atoms with Gasteiger partial charge in [0.15, 0.2) is 6.61 Å². The first kappa shape index (κ1) is 21.8. The molecule has 2 aliphatic heterocycles. The predicted molar refractivity (Wildman–Crippen MR) is 109 cm³/mol. The second-order valence-corrected chi connectivity index (χ2v) is 10.2. The maximum atomic E-state index is 12.8. The Morgan fingerprint density at radius 2 is 1.66 bits per heavy atom. The highest BCUT2D eigenvalue weighted by atomic mass is 32.2. The molecule has 1 amide bonds. The van der Waals surface area contributed by atoms with Crippen LogP contribution in [-0.4, -0.2) is 62.3 Å². The Balaban J connectivity index is 1.56. The van der Waals surface area contributed by atoms with Gasteiger partial charge in [0.25, 0.3) is 5.91 Å². The van der Waals surface area contributed by atoms with Crippen LogP contribution in [0.5, 0.6) is 0 Å². The molecule has 2 saturated heterocycles. The minimum atomic E-state index is -3.55. The highest BCUT2D eigenvalue weighted by molar-refractivity contribution is 7.89. The van der Waals surface area contributed by atoms with Crippen molar-refractivity contribution in [1.82, 2.24) is 9.21 Å². The maximum Gasteiger partial charge on any atom is 0.338 e. The fourth-order valence-corrected chi connectivity index (χ4v) is 5.32. The molecule has 29 heavy (non-hydrogen) atoms. The average molecular weight is 423 g/mol. The van der Waals surface area contributed by atoms with E-state index in [9.17, 15) is 18.0 Å². The molecule has 1 atom stereocenters. The molecule has 2 heterocycles. The van der Waals surface area contributed by atoms with Gasteiger partial charge in [0.05, 0.1) is 10.5 Å². The molecule has 7 nitrogen and oxygen atoms in total. The molecule has 0 aliphatic carbocycles. The van der Waals surface area contributed by atoms with Crippen molar-refractivity contribution < 1.29 is 22.7 Å². The predicted octanol–water partition coefficient (Wildman–Crippen LogP) is 2.52. The Kier molecular flexibility index (Phi) is 6.95. The number of benzene rings is 1. The summed E-state index contributed by atoms with van der Waals surface area (Å²) in [6, 6.07) is 5.74. The summed E-state index contributed by atoms with van der Waals surface area (Å²) in [6.07, 6.45) is 3.78. The van der Waals surface area contributed by atoms with Crippen LogP contribution in [0, 0.1) is 11.8 Å². The van der Waals surface area contributed by atoms with Crippen molar-refractivity contribution in [3.63, 3.8) is 0 Å². The number of amides is 1. The lowest BCUT2D eigenvalue weighted by Crippen LogP contribution is -2.41. The van der Waals surface area contributed by atoms with E-state index >= 15 is 0 Å². The molecule has 0 radical (unpaired) electrons. The summed E-state index contributed by atoms with van der Waals surface area (Å²) < 4.78 is 32.1. The number of hydrogen-bond donors (Lipinski definition) is 0. The van der Waals surface area contributed by atoms with Gasteiger partial charge in [0, 0.05) is 26.2 Å². The second kappa shape index (κ2) is 9.26. The first-order valence-corrected chi connectivity index (χ1v) is 11.8. The van der Waals surface area contributed by atoms with Gasteiger partial charge in [-0.05, 0) is 61.8 Å². The van der Waals surface area contributed by atoms with Crippen LogP contribution in [0.2, 0.25) is 0 Å². The quantitative estimate of drug-likeness (QED) is 0.681. The zero-order valence-corrected chi connectivity index (χ0v) is 18.0. The molecule has 3 rings (SSSR count). The number of nitrogens with zero attached hydrogens (tertiary/aromatic N) is 2. The van der Waals surface area contributed by atoms with Crippen molar-refractivity contribution in [2.75, 3.05) is 32.8 Å². The van der Waals surface area contributed by atoms with Crippen LogP contribution in [0.3, 0.4) is 0 Å². The standard InChI is InChI=1S/C21H30N2O5S/c1-16-9-12-23(13-10-16)29(26,27)19-7-5-18(6-8-19)21(25)28-15-20(24)22-11-3-4-17(2)14-22/h5-8,16-17H,3-4,9-15H2,1-2H3/t17-/m0/s1. The van der Waals surface area contributed by atoms with Crippen molar-refractivity contribution in [1.29, 1.82) is 0 Å². The topological polar surface area (TPSA) is 84.0 Å². The molecule has 2 fully saturated rings. The van der Waals surface area contributed by atoms with Gasteiger partial charge in [0.2, 0.25) is 10.0 Å². The summed E-state index contributed by atoms with van der Waals surface area (Å²) in [5, 5.41) is 0. The smallest absolute Gasteiger partial charge is 0.338 e. The molecule has 1 aromatic rings. The van der Waals surface area contributed by atoms with Crippen LogP contribution in [-0.2, 0) is 19.6 Å². The Labute approximate surface area is 173 Å². The van der Waals surface area contributed by atoms with E-state index in [0.29, 0.717) is 38.0 Å². The van der Waals surface area contributed by atoms with Gasteiger partial charge in [-0.1, -0.05) is 13.8 Å². The van der Waals surface area contributed by atoms with E-state index in [4.69, 9.17) is 4.74 Å². The van der Waals surface area contributed by atoms with Gasteiger partial charge in [0.1, 0.15) is 0 Å². The van der Waals surface area contributed by atoms with E-state index in [1.54, 1.807) is 4.90 Å². The van der Waals surface area contributed by atoms with Crippen LogP contribution in [0.15, 0.2) is 29.2 Å². The van der Waals surface area contributed by atoms with E-state index in [1.165, 1.54) is 28.6 Å². The number of ether oxygens (including phenoxy) is 1. The van der Waals surface area contributed by atoms with Gasteiger partial charge in [-0.15, -0.1) is 0 Å². The maximum absolute atomic E-state index is 12.8.